The average Bonchev–Trinajstić information content (AvgIpc) is 2.69. The first kappa shape index (κ1) is 18.6. The maximum Gasteiger partial charge on any atom is 0.232 e. The molecule has 0 spiro atoms. The van der Waals surface area contributed by atoms with Gasteiger partial charge in [0.25, 0.3) is 0 Å². The molecule has 3 rings (SSSR count). The Morgan fingerprint density at radius 2 is 1.69 bits per heavy atom. The molecule has 1 saturated heterocycles. The van der Waals surface area contributed by atoms with Crippen molar-refractivity contribution in [2.45, 2.75) is 5.75 Å². The highest BCUT2D eigenvalue weighted by Gasteiger charge is 2.21. The van der Waals surface area contributed by atoms with Crippen LogP contribution < -0.4 is 9.64 Å². The van der Waals surface area contributed by atoms with Gasteiger partial charge in [-0.05, 0) is 42.0 Å². The molecule has 0 bridgehead atoms. The molecule has 26 heavy (non-hydrogen) atoms. The third-order valence-electron chi connectivity index (χ3n) is 4.48. The van der Waals surface area contributed by atoms with E-state index in [4.69, 9.17) is 4.74 Å². The minimum absolute atomic E-state index is 0.183. The first-order valence-electron chi connectivity index (χ1n) is 8.64. The summed E-state index contributed by atoms with van der Waals surface area (Å²) in [6.45, 7) is 2.97. The molecule has 4 nitrogen and oxygen atoms in total. The highest BCUT2D eigenvalue weighted by Crippen LogP contribution is 2.19. The largest absolute Gasteiger partial charge is 0.497 e. The SMILES string of the molecule is COc1ccc(CSCC(=O)N2CCN(c3ccc(F)cc3)CC2)cc1. The fourth-order valence-corrected chi connectivity index (χ4v) is 3.82. The Bertz CT molecular complexity index is 714. The number of carbonyl (C=O) groups is 1. The second-order valence-corrected chi connectivity index (χ2v) is 7.17. The highest BCUT2D eigenvalue weighted by molar-refractivity contribution is 7.99. The summed E-state index contributed by atoms with van der Waals surface area (Å²) in [5.74, 6) is 2.10. The van der Waals surface area contributed by atoms with Gasteiger partial charge in [-0.25, -0.2) is 4.39 Å². The zero-order valence-corrected chi connectivity index (χ0v) is 15.7. The number of hydrogen-bond acceptors (Lipinski definition) is 4. The number of benzene rings is 2. The second kappa shape index (κ2) is 8.94. The molecule has 0 aromatic heterocycles. The molecule has 0 unspecified atom stereocenters. The summed E-state index contributed by atoms with van der Waals surface area (Å²) in [4.78, 5) is 16.5. The molecule has 0 saturated carbocycles. The van der Waals surface area contributed by atoms with Crippen LogP contribution in [0.4, 0.5) is 10.1 Å². The molecule has 1 heterocycles. The third-order valence-corrected chi connectivity index (χ3v) is 5.47. The predicted molar refractivity (Wildman–Crippen MR) is 104 cm³/mol. The zero-order valence-electron chi connectivity index (χ0n) is 14.9. The van der Waals surface area contributed by atoms with Crippen LogP contribution in [0.3, 0.4) is 0 Å². The van der Waals surface area contributed by atoms with Crippen LogP contribution in [0.1, 0.15) is 5.56 Å². The molecule has 138 valence electrons. The van der Waals surface area contributed by atoms with E-state index in [9.17, 15) is 9.18 Å². The van der Waals surface area contributed by atoms with Crippen LogP contribution in [-0.4, -0.2) is 49.8 Å². The topological polar surface area (TPSA) is 32.8 Å². The Morgan fingerprint density at radius 3 is 2.31 bits per heavy atom. The minimum Gasteiger partial charge on any atom is -0.497 e. The minimum atomic E-state index is -0.226. The number of methoxy groups -OCH3 is 1. The van der Waals surface area contributed by atoms with E-state index < -0.39 is 0 Å². The van der Waals surface area contributed by atoms with Crippen molar-refractivity contribution in [2.75, 3.05) is 43.9 Å². The number of halogens is 1. The van der Waals surface area contributed by atoms with Gasteiger partial charge in [0.15, 0.2) is 0 Å². The number of anilines is 1. The second-order valence-electron chi connectivity index (χ2n) is 6.19. The Kier molecular flexibility index (Phi) is 6.39. The summed E-state index contributed by atoms with van der Waals surface area (Å²) >= 11 is 1.63. The number of thioether (sulfide) groups is 1. The fourth-order valence-electron chi connectivity index (χ4n) is 2.94. The molecule has 0 N–H and O–H groups in total. The van der Waals surface area contributed by atoms with Gasteiger partial charge in [0.1, 0.15) is 11.6 Å². The van der Waals surface area contributed by atoms with Crippen LogP contribution in [0.25, 0.3) is 0 Å². The van der Waals surface area contributed by atoms with Crippen LogP contribution >= 0.6 is 11.8 Å². The molecule has 0 atom stereocenters. The number of carbonyl (C=O) groups excluding carboxylic acids is 1. The van der Waals surface area contributed by atoms with Crippen molar-refractivity contribution in [3.63, 3.8) is 0 Å². The van der Waals surface area contributed by atoms with Crippen molar-refractivity contribution in [3.05, 3.63) is 59.9 Å². The number of piperazine rings is 1. The molecular weight excluding hydrogens is 351 g/mol. The summed E-state index contributed by atoms with van der Waals surface area (Å²) in [5, 5.41) is 0. The van der Waals surface area contributed by atoms with E-state index >= 15 is 0 Å². The lowest BCUT2D eigenvalue weighted by molar-refractivity contribution is -0.128. The molecule has 1 fully saturated rings. The van der Waals surface area contributed by atoms with E-state index in [0.717, 1.165) is 30.3 Å². The molecule has 0 radical (unpaired) electrons. The number of amides is 1. The van der Waals surface area contributed by atoms with Crippen LogP contribution in [0.5, 0.6) is 5.75 Å². The van der Waals surface area contributed by atoms with Gasteiger partial charge in [-0.15, -0.1) is 11.8 Å². The van der Waals surface area contributed by atoms with Gasteiger partial charge in [-0.1, -0.05) is 12.1 Å². The lowest BCUT2D eigenvalue weighted by Gasteiger charge is -2.36. The van der Waals surface area contributed by atoms with Crippen LogP contribution in [-0.2, 0) is 10.5 Å². The predicted octanol–water partition coefficient (Wildman–Crippen LogP) is 3.42. The van der Waals surface area contributed by atoms with Gasteiger partial charge in [-0.3, -0.25) is 4.79 Å². The first-order chi connectivity index (χ1) is 12.7. The first-order valence-corrected chi connectivity index (χ1v) is 9.80. The van der Waals surface area contributed by atoms with Gasteiger partial charge in [0, 0.05) is 37.6 Å². The molecule has 1 aliphatic heterocycles. The summed E-state index contributed by atoms with van der Waals surface area (Å²) in [6, 6.07) is 14.5. The van der Waals surface area contributed by atoms with Crippen molar-refractivity contribution < 1.29 is 13.9 Å². The smallest absolute Gasteiger partial charge is 0.232 e. The number of hydrogen-bond donors (Lipinski definition) is 0. The van der Waals surface area contributed by atoms with Crippen molar-refractivity contribution in [1.29, 1.82) is 0 Å². The van der Waals surface area contributed by atoms with E-state index in [1.54, 1.807) is 31.0 Å². The normalized spacial score (nSPS) is 14.4. The van der Waals surface area contributed by atoms with E-state index in [-0.39, 0.29) is 11.7 Å². The summed E-state index contributed by atoms with van der Waals surface area (Å²) in [7, 11) is 1.65. The Labute approximate surface area is 157 Å². The van der Waals surface area contributed by atoms with Crippen molar-refractivity contribution in [2.24, 2.45) is 0 Å². The molecule has 1 aliphatic rings. The monoisotopic (exact) mass is 374 g/mol. The Balaban J connectivity index is 1.41. The van der Waals surface area contributed by atoms with Crippen LogP contribution in [0, 0.1) is 5.82 Å². The van der Waals surface area contributed by atoms with Crippen molar-refractivity contribution in [1.82, 2.24) is 4.90 Å². The van der Waals surface area contributed by atoms with Gasteiger partial charge in [-0.2, -0.15) is 0 Å². The van der Waals surface area contributed by atoms with Gasteiger partial charge in [0.2, 0.25) is 5.91 Å². The molecule has 2 aromatic rings. The summed E-state index contributed by atoms with van der Waals surface area (Å²) in [5.41, 5.74) is 2.19. The van der Waals surface area contributed by atoms with E-state index in [0.29, 0.717) is 18.8 Å². The maximum atomic E-state index is 13.0. The number of ether oxygens (including phenoxy) is 1. The van der Waals surface area contributed by atoms with E-state index in [1.165, 1.54) is 17.7 Å². The molecule has 2 aromatic carbocycles. The van der Waals surface area contributed by atoms with Gasteiger partial charge < -0.3 is 14.5 Å². The molecule has 0 aliphatic carbocycles. The van der Waals surface area contributed by atoms with Crippen LogP contribution in [0.2, 0.25) is 0 Å². The standard InChI is InChI=1S/C20H23FN2O2S/c1-25-19-8-2-16(3-9-19)14-26-15-20(24)23-12-10-22(11-13-23)18-6-4-17(21)5-7-18/h2-9H,10-15H2,1H3. The quantitative estimate of drug-likeness (QED) is 0.776. The highest BCUT2D eigenvalue weighted by atomic mass is 32.2. The maximum absolute atomic E-state index is 13.0. The Hall–Kier alpha value is -2.21. The molecule has 6 heteroatoms. The van der Waals surface area contributed by atoms with Crippen LogP contribution in [0.15, 0.2) is 48.5 Å². The van der Waals surface area contributed by atoms with E-state index in [1.807, 2.05) is 29.2 Å². The lowest BCUT2D eigenvalue weighted by Crippen LogP contribution is -2.49. The fraction of sp³-hybridized carbons (Fsp3) is 0.350. The number of nitrogens with zero attached hydrogens (tertiary/aromatic N) is 2. The number of rotatable bonds is 6. The molecule has 1 amide bonds. The Morgan fingerprint density at radius 1 is 1.04 bits per heavy atom. The third kappa shape index (κ3) is 4.91. The lowest BCUT2D eigenvalue weighted by atomic mass is 10.2. The summed E-state index contributed by atoms with van der Waals surface area (Å²) < 4.78 is 18.2. The average molecular weight is 374 g/mol. The van der Waals surface area contributed by atoms with Gasteiger partial charge >= 0.3 is 0 Å². The zero-order chi connectivity index (χ0) is 18.4. The van der Waals surface area contributed by atoms with E-state index in [2.05, 4.69) is 4.90 Å². The van der Waals surface area contributed by atoms with Gasteiger partial charge in [0.05, 0.1) is 12.9 Å². The summed E-state index contributed by atoms with van der Waals surface area (Å²) in [6.07, 6.45) is 0. The molecular formula is C20H23FN2O2S. The van der Waals surface area contributed by atoms with Crippen molar-refractivity contribution in [3.8, 4) is 5.75 Å². The van der Waals surface area contributed by atoms with Crippen molar-refractivity contribution >= 4 is 23.4 Å².